The van der Waals surface area contributed by atoms with Gasteiger partial charge >= 0.3 is 0 Å². The molecule has 0 aromatic carbocycles. The van der Waals surface area contributed by atoms with Crippen molar-refractivity contribution < 1.29 is 0 Å². The molecule has 15 heavy (non-hydrogen) atoms. The molecule has 1 saturated carbocycles. The van der Waals surface area contributed by atoms with Crippen molar-refractivity contribution in [3.05, 3.63) is 22.2 Å². The zero-order valence-electron chi connectivity index (χ0n) is 9.64. The molecule has 0 saturated heterocycles. The van der Waals surface area contributed by atoms with Crippen molar-refractivity contribution in [2.24, 2.45) is 11.8 Å². The molecular weight excluding hydrogens is 248 g/mol. The number of allylic oxidation sites excluding steroid dienone is 4. The minimum Gasteiger partial charge on any atom is -0.0665 e. The van der Waals surface area contributed by atoms with Gasteiger partial charge in [0.15, 0.2) is 0 Å². The third kappa shape index (κ3) is 2.55. The Kier molecular flexibility index (Phi) is 4.07. The van der Waals surface area contributed by atoms with E-state index in [9.17, 15) is 0 Å². The van der Waals surface area contributed by atoms with Gasteiger partial charge in [-0.25, -0.2) is 0 Å². The van der Waals surface area contributed by atoms with E-state index in [1.807, 2.05) is 0 Å². The van der Waals surface area contributed by atoms with Gasteiger partial charge in [-0.2, -0.15) is 0 Å². The molecular formula is C14H21Br. The second-order valence-electron chi connectivity index (χ2n) is 4.89. The van der Waals surface area contributed by atoms with Crippen molar-refractivity contribution in [3.63, 3.8) is 0 Å². The van der Waals surface area contributed by atoms with Crippen LogP contribution in [0.15, 0.2) is 22.2 Å². The Hall–Kier alpha value is -0.0400. The topological polar surface area (TPSA) is 0 Å². The van der Waals surface area contributed by atoms with Crippen LogP contribution in [0.2, 0.25) is 0 Å². The summed E-state index contributed by atoms with van der Waals surface area (Å²) >= 11 is 3.74. The maximum atomic E-state index is 3.74. The molecule has 2 aliphatic rings. The number of halogens is 1. The molecule has 0 amide bonds. The Morgan fingerprint density at radius 3 is 2.67 bits per heavy atom. The van der Waals surface area contributed by atoms with E-state index in [4.69, 9.17) is 0 Å². The smallest absolute Gasteiger partial charge is 0.00124 e. The van der Waals surface area contributed by atoms with Crippen molar-refractivity contribution in [2.75, 3.05) is 0 Å². The molecule has 0 aliphatic heterocycles. The highest BCUT2D eigenvalue weighted by Crippen LogP contribution is 2.45. The summed E-state index contributed by atoms with van der Waals surface area (Å²) in [6.07, 6.45) is 14.4. The molecule has 0 spiro atoms. The number of hydrogen-bond acceptors (Lipinski definition) is 0. The van der Waals surface area contributed by atoms with Crippen LogP contribution in [0.1, 0.15) is 51.9 Å². The Labute approximate surface area is 102 Å². The Morgan fingerprint density at radius 1 is 1.20 bits per heavy atom. The number of unbranched alkanes of at least 4 members (excludes halogenated alkanes) is 1. The molecule has 2 atom stereocenters. The van der Waals surface area contributed by atoms with Gasteiger partial charge in [-0.3, -0.25) is 0 Å². The first-order valence-electron chi connectivity index (χ1n) is 6.39. The minimum absolute atomic E-state index is 0.815. The van der Waals surface area contributed by atoms with Crippen molar-refractivity contribution in [1.82, 2.24) is 0 Å². The molecule has 0 N–H and O–H groups in total. The minimum atomic E-state index is 0.815. The lowest BCUT2D eigenvalue weighted by Gasteiger charge is -2.35. The second-order valence-corrected chi connectivity index (χ2v) is 5.81. The predicted molar refractivity (Wildman–Crippen MR) is 70.1 cm³/mol. The number of hydrogen-bond donors (Lipinski definition) is 0. The summed E-state index contributed by atoms with van der Waals surface area (Å²) in [7, 11) is 0. The lowest BCUT2D eigenvalue weighted by atomic mass is 9.72. The normalized spacial score (nSPS) is 30.5. The standard InChI is InChI=1S/C14H21Br/c1-2-3-6-11-9-10-14(15)13-8-5-4-7-12(11)13/h9-10,12-13H,2-8H2,1H3/t12-,13?/m1/s1. The van der Waals surface area contributed by atoms with Crippen molar-refractivity contribution in [1.29, 1.82) is 0 Å². The molecule has 0 aromatic rings. The van der Waals surface area contributed by atoms with Gasteiger partial charge in [-0.1, -0.05) is 59.8 Å². The summed E-state index contributed by atoms with van der Waals surface area (Å²) in [5.74, 6) is 1.68. The third-order valence-electron chi connectivity index (χ3n) is 3.87. The van der Waals surface area contributed by atoms with E-state index in [1.54, 1.807) is 5.57 Å². The van der Waals surface area contributed by atoms with Crippen LogP contribution in [-0.2, 0) is 0 Å². The van der Waals surface area contributed by atoms with Crippen LogP contribution >= 0.6 is 15.9 Å². The molecule has 1 unspecified atom stereocenters. The number of rotatable bonds is 3. The SMILES string of the molecule is CCCCC1=CC=C(Br)C2CCCC[C@H]12. The van der Waals surface area contributed by atoms with E-state index < -0.39 is 0 Å². The summed E-state index contributed by atoms with van der Waals surface area (Å²) in [5, 5.41) is 0. The molecule has 2 rings (SSSR count). The van der Waals surface area contributed by atoms with Crippen LogP contribution in [0.3, 0.4) is 0 Å². The van der Waals surface area contributed by atoms with E-state index in [-0.39, 0.29) is 0 Å². The lowest BCUT2D eigenvalue weighted by Crippen LogP contribution is -2.23. The molecule has 0 heterocycles. The summed E-state index contributed by atoms with van der Waals surface area (Å²) in [6.45, 7) is 2.29. The number of fused-ring (bicyclic) bond motifs is 1. The highest BCUT2D eigenvalue weighted by molar-refractivity contribution is 9.11. The predicted octanol–water partition coefficient (Wildman–Crippen LogP) is 5.20. The zero-order valence-corrected chi connectivity index (χ0v) is 11.2. The fourth-order valence-electron chi connectivity index (χ4n) is 2.99. The van der Waals surface area contributed by atoms with Gasteiger partial charge in [0, 0.05) is 0 Å². The largest absolute Gasteiger partial charge is 0.0665 e. The highest BCUT2D eigenvalue weighted by atomic mass is 79.9. The maximum absolute atomic E-state index is 3.74. The first-order valence-corrected chi connectivity index (χ1v) is 7.18. The highest BCUT2D eigenvalue weighted by Gasteiger charge is 2.31. The van der Waals surface area contributed by atoms with Crippen LogP contribution in [0.5, 0.6) is 0 Å². The van der Waals surface area contributed by atoms with Crippen molar-refractivity contribution in [2.45, 2.75) is 51.9 Å². The summed E-state index contributed by atoms with van der Waals surface area (Å²) in [4.78, 5) is 0. The van der Waals surface area contributed by atoms with Gasteiger partial charge in [-0.15, -0.1) is 0 Å². The van der Waals surface area contributed by atoms with Gasteiger partial charge < -0.3 is 0 Å². The zero-order chi connectivity index (χ0) is 10.7. The monoisotopic (exact) mass is 268 g/mol. The van der Waals surface area contributed by atoms with Crippen LogP contribution < -0.4 is 0 Å². The molecule has 84 valence electrons. The summed E-state index contributed by atoms with van der Waals surface area (Å²) in [6, 6.07) is 0. The summed E-state index contributed by atoms with van der Waals surface area (Å²) in [5.41, 5.74) is 1.73. The first kappa shape index (κ1) is 11.4. The summed E-state index contributed by atoms with van der Waals surface area (Å²) < 4.78 is 1.45. The fourth-order valence-corrected chi connectivity index (χ4v) is 3.67. The van der Waals surface area contributed by atoms with Gasteiger partial charge in [0.1, 0.15) is 0 Å². The lowest BCUT2D eigenvalue weighted by molar-refractivity contribution is 0.309. The molecule has 1 heteroatoms. The molecule has 0 aromatic heterocycles. The Balaban J connectivity index is 2.08. The van der Waals surface area contributed by atoms with E-state index >= 15 is 0 Å². The molecule has 0 radical (unpaired) electrons. The molecule has 1 fully saturated rings. The average molecular weight is 269 g/mol. The van der Waals surface area contributed by atoms with Crippen LogP contribution in [-0.4, -0.2) is 0 Å². The van der Waals surface area contributed by atoms with E-state index in [0.29, 0.717) is 0 Å². The van der Waals surface area contributed by atoms with E-state index in [0.717, 1.165) is 11.8 Å². The second kappa shape index (κ2) is 5.34. The van der Waals surface area contributed by atoms with Crippen LogP contribution in [0.4, 0.5) is 0 Å². The Bertz CT molecular complexity index is 275. The molecule has 2 aliphatic carbocycles. The van der Waals surface area contributed by atoms with Gasteiger partial charge in [0.25, 0.3) is 0 Å². The van der Waals surface area contributed by atoms with Crippen LogP contribution in [0, 0.1) is 11.8 Å². The van der Waals surface area contributed by atoms with Crippen LogP contribution in [0.25, 0.3) is 0 Å². The van der Waals surface area contributed by atoms with Gasteiger partial charge in [-0.05, 0) is 42.0 Å². The van der Waals surface area contributed by atoms with Gasteiger partial charge in [0.05, 0.1) is 0 Å². The molecule has 0 nitrogen and oxygen atoms in total. The fraction of sp³-hybridized carbons (Fsp3) is 0.714. The Morgan fingerprint density at radius 2 is 1.93 bits per heavy atom. The van der Waals surface area contributed by atoms with Crippen molar-refractivity contribution in [3.8, 4) is 0 Å². The van der Waals surface area contributed by atoms with Gasteiger partial charge in [0.2, 0.25) is 0 Å². The third-order valence-corrected chi connectivity index (χ3v) is 4.72. The van der Waals surface area contributed by atoms with Crippen molar-refractivity contribution >= 4 is 15.9 Å². The molecule has 0 bridgehead atoms. The maximum Gasteiger partial charge on any atom is -0.00124 e. The first-order chi connectivity index (χ1) is 7.33. The quantitative estimate of drug-likeness (QED) is 0.660. The van der Waals surface area contributed by atoms with E-state index in [2.05, 4.69) is 35.0 Å². The average Bonchev–Trinajstić information content (AvgIpc) is 2.29. The van der Waals surface area contributed by atoms with E-state index in [1.165, 1.54) is 49.4 Å².